The molecule has 4 aromatic rings. The summed E-state index contributed by atoms with van der Waals surface area (Å²) < 4.78 is 0. The molecular formula is C27H17Cl3N4O3S. The summed E-state index contributed by atoms with van der Waals surface area (Å²) in [7, 11) is 0. The number of aromatic nitrogens is 1. The molecule has 2 heterocycles. The van der Waals surface area contributed by atoms with Gasteiger partial charge in [-0.1, -0.05) is 52.5 Å². The van der Waals surface area contributed by atoms with Crippen LogP contribution in [0.4, 0.5) is 16.5 Å². The first-order chi connectivity index (χ1) is 18.2. The van der Waals surface area contributed by atoms with Crippen molar-refractivity contribution >= 4 is 80.4 Å². The number of anilines is 3. The van der Waals surface area contributed by atoms with Crippen LogP contribution in [0.1, 0.15) is 15.9 Å². The van der Waals surface area contributed by atoms with Crippen molar-refractivity contribution in [2.24, 2.45) is 0 Å². The second-order valence-electron chi connectivity index (χ2n) is 8.29. The fourth-order valence-corrected chi connectivity index (χ4v) is 5.13. The normalized spacial score (nSPS) is 13.3. The van der Waals surface area contributed by atoms with Crippen LogP contribution in [0, 0.1) is 6.92 Å². The van der Waals surface area contributed by atoms with Crippen molar-refractivity contribution in [3.05, 3.63) is 104 Å². The number of hydrogen-bond donors (Lipinski definition) is 2. The molecular weight excluding hydrogens is 567 g/mol. The van der Waals surface area contributed by atoms with Crippen LogP contribution >= 0.6 is 46.1 Å². The molecule has 3 amide bonds. The van der Waals surface area contributed by atoms with Crippen molar-refractivity contribution in [3.8, 4) is 11.3 Å². The van der Waals surface area contributed by atoms with Crippen LogP contribution in [0.25, 0.3) is 11.3 Å². The molecule has 5 rings (SSSR count). The maximum absolute atomic E-state index is 13.0. The zero-order valence-corrected chi connectivity index (χ0v) is 22.7. The molecule has 0 spiro atoms. The summed E-state index contributed by atoms with van der Waals surface area (Å²) in [4.78, 5) is 43.8. The van der Waals surface area contributed by atoms with E-state index >= 15 is 0 Å². The largest absolute Gasteiger partial charge is 0.350 e. The van der Waals surface area contributed by atoms with Gasteiger partial charge in [0, 0.05) is 27.2 Å². The third kappa shape index (κ3) is 5.16. The van der Waals surface area contributed by atoms with Gasteiger partial charge in [-0.3, -0.25) is 19.7 Å². The molecule has 1 aliphatic rings. The van der Waals surface area contributed by atoms with E-state index in [1.165, 1.54) is 11.3 Å². The minimum atomic E-state index is -0.610. The number of nitrogens with zero attached hydrogens (tertiary/aromatic N) is 2. The highest BCUT2D eigenvalue weighted by Gasteiger charge is 2.38. The van der Waals surface area contributed by atoms with Crippen LogP contribution in [0.5, 0.6) is 0 Å². The molecule has 1 aliphatic heterocycles. The summed E-state index contributed by atoms with van der Waals surface area (Å²) in [6.45, 7) is 1.91. The summed E-state index contributed by atoms with van der Waals surface area (Å²) >= 11 is 19.7. The average Bonchev–Trinajstić information content (AvgIpc) is 3.43. The van der Waals surface area contributed by atoms with Gasteiger partial charge in [0.1, 0.15) is 10.7 Å². The summed E-state index contributed by atoms with van der Waals surface area (Å²) in [5.41, 5.74) is 3.56. The second-order valence-corrected chi connectivity index (χ2v) is 10.4. The number of thiazole rings is 1. The summed E-state index contributed by atoms with van der Waals surface area (Å²) in [6, 6.07) is 18.5. The van der Waals surface area contributed by atoms with Gasteiger partial charge in [-0.15, -0.1) is 11.3 Å². The smallest absolute Gasteiger partial charge is 0.283 e. The van der Waals surface area contributed by atoms with E-state index in [2.05, 4.69) is 15.6 Å². The Labute approximate surface area is 236 Å². The number of nitrogens with one attached hydrogen (secondary N) is 2. The number of benzene rings is 3. The van der Waals surface area contributed by atoms with Crippen LogP contribution in [0.2, 0.25) is 10.0 Å². The number of amides is 3. The highest BCUT2D eigenvalue weighted by molar-refractivity contribution is 7.14. The second kappa shape index (κ2) is 10.6. The molecule has 1 aromatic heterocycles. The lowest BCUT2D eigenvalue weighted by atomic mass is 10.2. The fraction of sp³-hybridized carbons (Fsp3) is 0.0370. The van der Waals surface area contributed by atoms with E-state index in [1.54, 1.807) is 72.1 Å². The maximum atomic E-state index is 13.0. The third-order valence-corrected chi connectivity index (χ3v) is 7.32. The van der Waals surface area contributed by atoms with Crippen molar-refractivity contribution in [2.45, 2.75) is 6.92 Å². The van der Waals surface area contributed by atoms with E-state index in [4.69, 9.17) is 34.8 Å². The third-order valence-electron chi connectivity index (χ3n) is 5.67. The van der Waals surface area contributed by atoms with Gasteiger partial charge in [-0.2, -0.15) is 0 Å². The van der Waals surface area contributed by atoms with Crippen LogP contribution < -0.4 is 15.5 Å². The molecule has 11 heteroatoms. The molecule has 0 atom stereocenters. The molecule has 190 valence electrons. The first-order valence-electron chi connectivity index (χ1n) is 11.2. The minimum Gasteiger partial charge on any atom is -0.350 e. The number of hydrogen-bond acceptors (Lipinski definition) is 6. The first-order valence-corrected chi connectivity index (χ1v) is 13.2. The lowest BCUT2D eigenvalue weighted by Crippen LogP contribution is -2.32. The van der Waals surface area contributed by atoms with Gasteiger partial charge < -0.3 is 5.32 Å². The zero-order valence-electron chi connectivity index (χ0n) is 19.6. The Bertz CT molecular complexity index is 1620. The van der Waals surface area contributed by atoms with Crippen LogP contribution in [0.15, 0.2) is 82.8 Å². The predicted octanol–water partition coefficient (Wildman–Crippen LogP) is 7.11. The van der Waals surface area contributed by atoms with Crippen molar-refractivity contribution in [2.75, 3.05) is 15.5 Å². The standard InChI is InChI=1S/C27H17Cl3N4O3S/c1-14-2-9-18(10-3-14)34-25(36)22(30)23(26(34)37)31-17-7-4-15(5-8-17)24(35)33-27-32-21(13-38-27)19-11-6-16(28)12-20(19)29/h2-13,31H,1H3,(H,32,33,35). The number of imide groups is 1. The molecule has 7 nitrogen and oxygen atoms in total. The van der Waals surface area contributed by atoms with E-state index in [0.29, 0.717) is 43.4 Å². The van der Waals surface area contributed by atoms with Gasteiger partial charge >= 0.3 is 0 Å². The number of carbonyl (C=O) groups is 3. The number of halogens is 3. The Kier molecular flexibility index (Phi) is 7.23. The Balaban J connectivity index is 1.26. The van der Waals surface area contributed by atoms with Crippen molar-refractivity contribution in [1.29, 1.82) is 0 Å². The number of rotatable bonds is 6. The number of carbonyl (C=O) groups excluding carboxylic acids is 3. The molecule has 0 unspecified atom stereocenters. The Morgan fingerprint density at radius 3 is 2.32 bits per heavy atom. The lowest BCUT2D eigenvalue weighted by Gasteiger charge is -2.15. The van der Waals surface area contributed by atoms with Gasteiger partial charge in [0.05, 0.1) is 16.4 Å². The quantitative estimate of drug-likeness (QED) is 0.236. The summed E-state index contributed by atoms with van der Waals surface area (Å²) in [6.07, 6.45) is 0. The molecule has 3 aromatic carbocycles. The molecule has 0 aliphatic carbocycles. The van der Waals surface area contributed by atoms with Crippen LogP contribution in [-0.4, -0.2) is 22.7 Å². The molecule has 2 N–H and O–H groups in total. The fourth-order valence-electron chi connectivity index (χ4n) is 3.71. The van der Waals surface area contributed by atoms with Gasteiger partial charge in [0.25, 0.3) is 17.7 Å². The molecule has 0 fully saturated rings. The first kappa shape index (κ1) is 25.9. The van der Waals surface area contributed by atoms with E-state index in [-0.39, 0.29) is 16.6 Å². The van der Waals surface area contributed by atoms with Gasteiger partial charge in [-0.05, 0) is 61.5 Å². The van der Waals surface area contributed by atoms with Gasteiger partial charge in [0.2, 0.25) is 0 Å². The van der Waals surface area contributed by atoms with Gasteiger partial charge in [0.15, 0.2) is 5.13 Å². The highest BCUT2D eigenvalue weighted by atomic mass is 35.5. The van der Waals surface area contributed by atoms with E-state index in [1.807, 2.05) is 6.92 Å². The summed E-state index contributed by atoms with van der Waals surface area (Å²) in [5, 5.41) is 8.62. The van der Waals surface area contributed by atoms with Crippen LogP contribution in [0.3, 0.4) is 0 Å². The SMILES string of the molecule is Cc1ccc(N2C(=O)C(Cl)=C(Nc3ccc(C(=O)Nc4nc(-c5ccc(Cl)cc5Cl)cs4)cc3)C2=O)cc1. The monoisotopic (exact) mass is 582 g/mol. The topological polar surface area (TPSA) is 91.4 Å². The van der Waals surface area contributed by atoms with Gasteiger partial charge in [-0.25, -0.2) is 9.88 Å². The average molecular weight is 584 g/mol. The van der Waals surface area contributed by atoms with Crippen molar-refractivity contribution in [3.63, 3.8) is 0 Å². The minimum absolute atomic E-state index is 0.0365. The molecule has 38 heavy (non-hydrogen) atoms. The zero-order chi connectivity index (χ0) is 27.0. The molecule has 0 saturated heterocycles. The van der Waals surface area contributed by atoms with E-state index in [0.717, 1.165) is 10.5 Å². The predicted molar refractivity (Wildman–Crippen MR) is 152 cm³/mol. The van der Waals surface area contributed by atoms with E-state index in [9.17, 15) is 14.4 Å². The highest BCUT2D eigenvalue weighted by Crippen LogP contribution is 2.33. The Morgan fingerprint density at radius 2 is 1.63 bits per heavy atom. The van der Waals surface area contributed by atoms with Crippen molar-refractivity contribution in [1.82, 2.24) is 4.98 Å². The molecule has 0 radical (unpaired) electrons. The Hall–Kier alpha value is -3.69. The molecule has 0 saturated carbocycles. The van der Waals surface area contributed by atoms with Crippen LogP contribution in [-0.2, 0) is 9.59 Å². The maximum Gasteiger partial charge on any atom is 0.283 e. The molecule has 0 bridgehead atoms. The summed E-state index contributed by atoms with van der Waals surface area (Å²) in [5.74, 6) is -1.54. The van der Waals surface area contributed by atoms with E-state index < -0.39 is 11.8 Å². The lowest BCUT2D eigenvalue weighted by molar-refractivity contribution is -0.120. The van der Waals surface area contributed by atoms with Crippen molar-refractivity contribution < 1.29 is 14.4 Å². The Morgan fingerprint density at radius 1 is 0.921 bits per heavy atom. The number of aryl methyl sites for hydroxylation is 1.